The first kappa shape index (κ1) is 26.2. The maximum atomic E-state index is 12.5. The Bertz CT molecular complexity index is 1190. The van der Waals surface area contributed by atoms with E-state index in [1.165, 1.54) is 0 Å². The van der Waals surface area contributed by atoms with Crippen LogP contribution in [0.4, 0.5) is 0 Å². The number of ether oxygens (including phenoxy) is 2. The first-order chi connectivity index (χ1) is 17.2. The summed E-state index contributed by atoms with van der Waals surface area (Å²) in [5, 5.41) is 35.8. The van der Waals surface area contributed by atoms with Crippen molar-refractivity contribution in [2.24, 2.45) is 0 Å². The second-order valence-electron chi connectivity index (χ2n) is 8.81. The number of carbonyl (C=O) groups excluding carboxylic acids is 2. The van der Waals surface area contributed by atoms with Gasteiger partial charge in [-0.3, -0.25) is 9.59 Å². The monoisotopic (exact) mass is 536 g/mol. The molecule has 0 aliphatic heterocycles. The minimum absolute atomic E-state index is 0.189. The van der Waals surface area contributed by atoms with Crippen molar-refractivity contribution in [3.05, 3.63) is 68.8 Å². The lowest BCUT2D eigenvalue weighted by molar-refractivity contribution is -0.129. The second kappa shape index (κ2) is 11.1. The summed E-state index contributed by atoms with van der Waals surface area (Å²) in [6, 6.07) is 9.49. The van der Waals surface area contributed by atoms with Gasteiger partial charge in [-0.2, -0.15) is 0 Å². The van der Waals surface area contributed by atoms with E-state index in [4.69, 9.17) is 32.7 Å². The van der Waals surface area contributed by atoms with Crippen molar-refractivity contribution in [1.82, 2.24) is 10.6 Å². The van der Waals surface area contributed by atoms with E-state index in [0.717, 1.165) is 5.57 Å². The van der Waals surface area contributed by atoms with Crippen LogP contribution >= 0.6 is 23.2 Å². The number of halogens is 2. The number of hydrogen-bond acceptors (Lipinski definition) is 7. The van der Waals surface area contributed by atoms with Crippen LogP contribution in [0.5, 0.6) is 11.5 Å². The summed E-state index contributed by atoms with van der Waals surface area (Å²) in [7, 11) is 0. The summed E-state index contributed by atoms with van der Waals surface area (Å²) >= 11 is 11.9. The lowest BCUT2D eigenvalue weighted by atomic mass is 9.62. The number of benzene rings is 2. The SMILES string of the molecule is O=C(COc1ccc(Cl)c(CO)c1)NC1=C2CC(NC(=O)COc3ccc(Cl)c(CO)c3)(C2)[C@@H](O)C1. The zero-order valence-corrected chi connectivity index (χ0v) is 20.7. The molecule has 0 unspecified atom stereocenters. The predicted octanol–water partition coefficient (Wildman–Crippen LogP) is 2.22. The van der Waals surface area contributed by atoms with Crippen molar-refractivity contribution in [2.45, 2.75) is 44.1 Å². The fourth-order valence-electron chi connectivity index (χ4n) is 4.34. The van der Waals surface area contributed by atoms with Crippen LogP contribution in [0.3, 0.4) is 0 Å². The Morgan fingerprint density at radius 1 is 0.917 bits per heavy atom. The molecule has 2 bridgehead atoms. The second-order valence-corrected chi connectivity index (χ2v) is 9.62. The minimum atomic E-state index is -0.880. The van der Waals surface area contributed by atoms with E-state index in [9.17, 15) is 24.9 Å². The van der Waals surface area contributed by atoms with Crippen LogP contribution in [0.1, 0.15) is 30.4 Å². The maximum Gasteiger partial charge on any atom is 0.262 e. The van der Waals surface area contributed by atoms with Crippen molar-refractivity contribution in [2.75, 3.05) is 13.2 Å². The standard InChI is InChI=1S/C25H26Cl2N2O7/c26-19-3-1-17(5-14(19)10-30)35-12-23(33)28-21-7-22(32)25(8-16(21)9-25)29-24(34)13-36-18-2-4-20(27)15(6-18)11-31/h1-6,22,30-32H,7-13H2,(H,28,33)(H,29,34)/t22-/m0/s1. The van der Waals surface area contributed by atoms with Crippen molar-refractivity contribution in [1.29, 1.82) is 0 Å². The number of fused-ring (bicyclic) bond motifs is 2. The van der Waals surface area contributed by atoms with Gasteiger partial charge in [0.1, 0.15) is 11.5 Å². The van der Waals surface area contributed by atoms with E-state index in [2.05, 4.69) is 10.6 Å². The largest absolute Gasteiger partial charge is 0.484 e. The highest BCUT2D eigenvalue weighted by molar-refractivity contribution is 6.31. The smallest absolute Gasteiger partial charge is 0.262 e. The van der Waals surface area contributed by atoms with Crippen LogP contribution < -0.4 is 20.1 Å². The van der Waals surface area contributed by atoms with Gasteiger partial charge in [0.15, 0.2) is 13.2 Å². The topological polar surface area (TPSA) is 137 Å². The molecular weight excluding hydrogens is 511 g/mol. The molecule has 2 aromatic carbocycles. The maximum absolute atomic E-state index is 12.5. The van der Waals surface area contributed by atoms with Gasteiger partial charge in [-0.1, -0.05) is 23.2 Å². The molecule has 192 valence electrons. The Hall–Kier alpha value is -2.82. The predicted molar refractivity (Wildman–Crippen MR) is 132 cm³/mol. The average Bonchev–Trinajstić information content (AvgIpc) is 2.83. The molecule has 0 aromatic heterocycles. The summed E-state index contributed by atoms with van der Waals surface area (Å²) in [4.78, 5) is 24.9. The number of aliphatic hydroxyl groups excluding tert-OH is 3. The van der Waals surface area contributed by atoms with Crippen LogP contribution in [0.15, 0.2) is 47.7 Å². The van der Waals surface area contributed by atoms with Crippen molar-refractivity contribution < 1.29 is 34.4 Å². The Morgan fingerprint density at radius 2 is 1.44 bits per heavy atom. The molecule has 11 heteroatoms. The van der Waals surface area contributed by atoms with Crippen molar-refractivity contribution in [3.63, 3.8) is 0 Å². The van der Waals surface area contributed by atoms with Crippen LogP contribution in [0, 0.1) is 0 Å². The average molecular weight is 537 g/mol. The molecule has 3 aliphatic carbocycles. The molecule has 1 saturated carbocycles. The minimum Gasteiger partial charge on any atom is -0.484 e. The fraction of sp³-hybridized carbons (Fsp3) is 0.360. The zero-order chi connectivity index (χ0) is 25.9. The molecule has 1 fully saturated rings. The van der Waals surface area contributed by atoms with E-state index in [1.807, 2.05) is 0 Å². The molecule has 36 heavy (non-hydrogen) atoms. The van der Waals surface area contributed by atoms with Gasteiger partial charge in [-0.05, 0) is 65.9 Å². The molecule has 0 radical (unpaired) electrons. The highest BCUT2D eigenvalue weighted by Gasteiger charge is 2.52. The van der Waals surface area contributed by atoms with E-state index >= 15 is 0 Å². The van der Waals surface area contributed by atoms with E-state index in [-0.39, 0.29) is 44.7 Å². The normalized spacial score (nSPS) is 20.4. The van der Waals surface area contributed by atoms with Gasteiger partial charge < -0.3 is 35.4 Å². The molecule has 0 heterocycles. The molecule has 9 nitrogen and oxygen atoms in total. The van der Waals surface area contributed by atoms with Gasteiger partial charge in [0, 0.05) is 22.2 Å². The van der Waals surface area contributed by atoms with Crippen LogP contribution in [-0.2, 0) is 22.8 Å². The van der Waals surface area contributed by atoms with Crippen molar-refractivity contribution >= 4 is 35.0 Å². The highest BCUT2D eigenvalue weighted by atomic mass is 35.5. The number of amides is 2. The molecule has 3 aliphatic rings. The number of nitrogens with one attached hydrogen (secondary N) is 2. The summed E-state index contributed by atoms with van der Waals surface area (Å²) in [6.45, 7) is -0.999. The van der Waals surface area contributed by atoms with Crippen LogP contribution in [0.2, 0.25) is 10.0 Å². The number of rotatable bonds is 10. The molecule has 0 spiro atoms. The molecule has 0 saturated heterocycles. The molecular formula is C25H26Cl2N2O7. The first-order valence-corrected chi connectivity index (χ1v) is 12.0. The Kier molecular flexibility index (Phi) is 8.07. The lowest BCUT2D eigenvalue weighted by Gasteiger charge is -2.52. The van der Waals surface area contributed by atoms with Gasteiger partial charge in [-0.25, -0.2) is 0 Å². The lowest BCUT2D eigenvalue weighted by Crippen LogP contribution is -2.65. The number of carbonyl (C=O) groups is 2. The highest BCUT2D eigenvalue weighted by Crippen LogP contribution is 2.47. The molecule has 2 aromatic rings. The van der Waals surface area contributed by atoms with Crippen molar-refractivity contribution in [3.8, 4) is 11.5 Å². The van der Waals surface area contributed by atoms with E-state index < -0.39 is 11.6 Å². The van der Waals surface area contributed by atoms with E-state index in [1.54, 1.807) is 36.4 Å². The summed E-state index contributed by atoms with van der Waals surface area (Å²) in [5.74, 6) is 0.0264. The summed E-state index contributed by atoms with van der Waals surface area (Å²) in [5.41, 5.74) is 1.78. The van der Waals surface area contributed by atoms with Gasteiger partial charge >= 0.3 is 0 Å². The van der Waals surface area contributed by atoms with Gasteiger partial charge in [0.25, 0.3) is 11.8 Å². The third kappa shape index (κ3) is 5.77. The molecule has 2 amide bonds. The third-order valence-corrected chi connectivity index (χ3v) is 7.05. The number of aliphatic hydroxyl groups is 3. The summed E-state index contributed by atoms with van der Waals surface area (Å²) < 4.78 is 11.0. The third-order valence-electron chi connectivity index (χ3n) is 6.31. The Balaban J connectivity index is 1.27. The van der Waals surface area contributed by atoms with Gasteiger partial charge in [0.2, 0.25) is 0 Å². The Morgan fingerprint density at radius 3 is 1.94 bits per heavy atom. The van der Waals surface area contributed by atoms with E-state index in [0.29, 0.717) is 51.2 Å². The van der Waals surface area contributed by atoms with Crippen LogP contribution in [0.25, 0.3) is 0 Å². The zero-order valence-electron chi connectivity index (χ0n) is 19.2. The van der Waals surface area contributed by atoms with Gasteiger partial charge in [0.05, 0.1) is 24.9 Å². The quantitative estimate of drug-likeness (QED) is 0.314. The fourth-order valence-corrected chi connectivity index (χ4v) is 4.70. The first-order valence-electron chi connectivity index (χ1n) is 11.3. The summed E-state index contributed by atoms with van der Waals surface area (Å²) in [6.07, 6.45) is 0.149. The van der Waals surface area contributed by atoms with Crippen LogP contribution in [-0.4, -0.2) is 52.0 Å². The molecule has 5 N–H and O–H groups in total. The molecule has 5 rings (SSSR count). The van der Waals surface area contributed by atoms with Gasteiger partial charge in [-0.15, -0.1) is 0 Å². The molecule has 1 atom stereocenters. The number of hydrogen-bond donors (Lipinski definition) is 5. The Labute approximate surface area is 217 Å².